The first-order chi connectivity index (χ1) is 21.5. The summed E-state index contributed by atoms with van der Waals surface area (Å²) in [7, 11) is 8.07. The number of anilines is 1. The number of rotatable bonds is 5. The van der Waals surface area contributed by atoms with Crippen LogP contribution < -0.4 is 15.0 Å². The fourth-order valence-corrected chi connectivity index (χ4v) is 6.37. The number of fused-ring (bicyclic) bond motifs is 5. The number of likely N-dealkylation sites (N-methyl/N-ethyl adjacent to an activating group) is 1. The standard InChI is InChI=1S/C33H46ClN3O9/c1-18-11-10-12-25(43-9)33(41)17-24(44-31(40)35-33)19(2)29-32(4,46-29)26(45-30(39)20(3)36(5)6)16-27(38)37(7)22-14-21(13-18)15-23(42-8)28(22)34/h10-12,14-15,19-20,24-26,29,41H,13,16-17H2,1-9H3,(H,35,40)/b12-10+,18-11+/t19-,20-,24-,25+,26-,29+,32-,33-/m0/s1. The van der Waals surface area contributed by atoms with Gasteiger partial charge in [-0.15, -0.1) is 0 Å². The normalized spacial score (nSPS) is 34.4. The Balaban J connectivity index is 1.80. The van der Waals surface area contributed by atoms with E-state index in [1.165, 1.54) is 19.1 Å². The van der Waals surface area contributed by atoms with Gasteiger partial charge in [0.25, 0.3) is 0 Å². The molecule has 4 rings (SSSR count). The number of epoxide rings is 1. The Morgan fingerprint density at radius 3 is 2.59 bits per heavy atom. The minimum absolute atomic E-state index is 0.00466. The van der Waals surface area contributed by atoms with E-state index in [2.05, 4.69) is 5.32 Å². The third-order valence-electron chi connectivity index (χ3n) is 9.32. The van der Waals surface area contributed by atoms with Crippen LogP contribution in [0.25, 0.3) is 0 Å². The van der Waals surface area contributed by atoms with Crippen molar-refractivity contribution < 1.29 is 43.2 Å². The molecule has 1 aromatic rings. The highest BCUT2D eigenvalue weighted by Crippen LogP contribution is 2.49. The number of aliphatic hydroxyl groups is 1. The molecule has 2 saturated heterocycles. The predicted molar refractivity (Wildman–Crippen MR) is 172 cm³/mol. The first-order valence-electron chi connectivity index (χ1n) is 15.3. The van der Waals surface area contributed by atoms with E-state index in [9.17, 15) is 19.5 Å². The Kier molecular flexibility index (Phi) is 10.8. The molecule has 254 valence electrons. The second kappa shape index (κ2) is 13.9. The van der Waals surface area contributed by atoms with Crippen LogP contribution in [0, 0.1) is 5.92 Å². The van der Waals surface area contributed by atoms with E-state index in [0.29, 0.717) is 17.9 Å². The van der Waals surface area contributed by atoms with Crippen LogP contribution in [0.2, 0.25) is 5.02 Å². The quantitative estimate of drug-likeness (QED) is 0.355. The summed E-state index contributed by atoms with van der Waals surface area (Å²) in [6.07, 6.45) is 1.53. The summed E-state index contributed by atoms with van der Waals surface area (Å²) in [6.45, 7) is 7.25. The van der Waals surface area contributed by atoms with Crippen LogP contribution in [0.1, 0.15) is 46.1 Å². The second-order valence-corrected chi connectivity index (χ2v) is 13.2. The number of alkyl carbamates (subject to hydrolysis) is 1. The molecule has 12 nitrogen and oxygen atoms in total. The SMILES string of the molecule is COc1cc2cc(c1Cl)N(C)C(=O)C[C@H](OC(=O)[C@H](C)N(C)C)[C@]1(C)O[C@@H]1[C@@H](C)[C@@H]1C[C@@](O)(NC(=O)O1)[C@H](OC)/C=C/C=C(\C)C2. The number of nitrogens with zero attached hydrogens (tertiary/aromatic N) is 2. The van der Waals surface area contributed by atoms with Gasteiger partial charge in [0.15, 0.2) is 5.72 Å². The summed E-state index contributed by atoms with van der Waals surface area (Å²) in [5.74, 6) is -0.933. The van der Waals surface area contributed by atoms with Crippen LogP contribution in [0.15, 0.2) is 35.9 Å². The van der Waals surface area contributed by atoms with Gasteiger partial charge >= 0.3 is 12.1 Å². The van der Waals surface area contributed by atoms with Gasteiger partial charge in [-0.05, 0) is 59.0 Å². The molecular formula is C33H46ClN3O9. The van der Waals surface area contributed by atoms with E-state index in [-0.39, 0.29) is 23.8 Å². The largest absolute Gasteiger partial charge is 0.495 e. The van der Waals surface area contributed by atoms with Crippen molar-refractivity contribution in [3.63, 3.8) is 0 Å². The highest BCUT2D eigenvalue weighted by Gasteiger charge is 2.64. The van der Waals surface area contributed by atoms with E-state index < -0.39 is 59.8 Å². The number of hydrogen-bond acceptors (Lipinski definition) is 10. The second-order valence-electron chi connectivity index (χ2n) is 12.9. The lowest BCUT2D eigenvalue weighted by atomic mass is 9.83. The maximum Gasteiger partial charge on any atom is 0.409 e. The van der Waals surface area contributed by atoms with E-state index in [1.807, 2.05) is 32.1 Å². The maximum atomic E-state index is 13.9. The monoisotopic (exact) mass is 663 g/mol. The molecule has 3 aliphatic rings. The molecular weight excluding hydrogens is 618 g/mol. The van der Waals surface area contributed by atoms with Crippen LogP contribution in [-0.2, 0) is 35.0 Å². The van der Waals surface area contributed by atoms with Crippen LogP contribution in [0.3, 0.4) is 0 Å². The zero-order chi connectivity index (χ0) is 34.1. The zero-order valence-electron chi connectivity index (χ0n) is 28.0. The molecule has 2 fully saturated rings. The Morgan fingerprint density at radius 2 is 1.96 bits per heavy atom. The minimum atomic E-state index is -1.78. The van der Waals surface area contributed by atoms with E-state index in [0.717, 1.165) is 11.1 Å². The van der Waals surface area contributed by atoms with Crippen LogP contribution in [0.5, 0.6) is 5.75 Å². The molecule has 4 bridgehead atoms. The molecule has 0 unspecified atom stereocenters. The Hall–Kier alpha value is -3.16. The van der Waals surface area contributed by atoms with Gasteiger partial charge in [0.05, 0.1) is 25.3 Å². The Labute approximate surface area is 275 Å². The van der Waals surface area contributed by atoms with Crippen molar-refractivity contribution in [1.29, 1.82) is 0 Å². The van der Waals surface area contributed by atoms with Gasteiger partial charge in [0, 0.05) is 26.5 Å². The highest BCUT2D eigenvalue weighted by atomic mass is 35.5. The first kappa shape index (κ1) is 35.7. The number of nitrogens with one attached hydrogen (secondary N) is 1. The van der Waals surface area contributed by atoms with Crippen molar-refractivity contribution in [2.75, 3.05) is 40.3 Å². The molecule has 0 aromatic heterocycles. The number of benzene rings is 1. The van der Waals surface area contributed by atoms with E-state index in [1.54, 1.807) is 52.0 Å². The molecule has 2 N–H and O–H groups in total. The maximum absolute atomic E-state index is 13.9. The summed E-state index contributed by atoms with van der Waals surface area (Å²) in [5, 5.41) is 14.4. The lowest BCUT2D eigenvalue weighted by molar-refractivity contribution is -0.158. The molecule has 3 aliphatic heterocycles. The lowest BCUT2D eigenvalue weighted by Gasteiger charge is -2.42. The summed E-state index contributed by atoms with van der Waals surface area (Å²) in [6, 6.07) is 3.04. The topological polar surface area (TPSA) is 139 Å². The number of carbonyl (C=O) groups excluding carboxylic acids is 3. The number of hydrogen-bond donors (Lipinski definition) is 2. The Morgan fingerprint density at radius 1 is 1.26 bits per heavy atom. The molecule has 46 heavy (non-hydrogen) atoms. The number of methoxy groups -OCH3 is 2. The molecule has 13 heteroatoms. The smallest absolute Gasteiger partial charge is 0.409 e. The minimum Gasteiger partial charge on any atom is -0.495 e. The number of carbonyl (C=O) groups is 3. The number of allylic oxidation sites excluding steroid dienone is 3. The number of esters is 1. The van der Waals surface area contributed by atoms with Crippen LogP contribution in [0.4, 0.5) is 10.5 Å². The van der Waals surface area contributed by atoms with Gasteiger partial charge in [-0.25, -0.2) is 4.79 Å². The van der Waals surface area contributed by atoms with Gasteiger partial charge in [0.1, 0.15) is 40.7 Å². The van der Waals surface area contributed by atoms with Crippen molar-refractivity contribution >= 4 is 35.3 Å². The first-order valence-corrected chi connectivity index (χ1v) is 15.7. The molecule has 0 radical (unpaired) electrons. The average Bonchev–Trinajstić information content (AvgIpc) is 3.69. The molecule has 0 aliphatic carbocycles. The molecule has 1 aromatic carbocycles. The Bertz CT molecular complexity index is 1400. The summed E-state index contributed by atoms with van der Waals surface area (Å²) < 4.78 is 29.0. The summed E-state index contributed by atoms with van der Waals surface area (Å²) >= 11 is 6.71. The fraction of sp³-hybridized carbons (Fsp3) is 0.606. The number of amides is 2. The zero-order valence-corrected chi connectivity index (χ0v) is 28.7. The fourth-order valence-electron chi connectivity index (χ4n) is 6.05. The molecule has 0 spiro atoms. The predicted octanol–water partition coefficient (Wildman–Crippen LogP) is 3.62. The molecule has 2 amide bonds. The van der Waals surface area contributed by atoms with Crippen molar-refractivity contribution in [1.82, 2.24) is 10.2 Å². The number of halogens is 1. The van der Waals surface area contributed by atoms with Gasteiger partial charge in [-0.2, -0.15) is 0 Å². The van der Waals surface area contributed by atoms with Gasteiger partial charge < -0.3 is 33.7 Å². The van der Waals surface area contributed by atoms with Crippen molar-refractivity contribution in [3.05, 3.63) is 46.5 Å². The third-order valence-corrected chi connectivity index (χ3v) is 9.70. The van der Waals surface area contributed by atoms with E-state index in [4.69, 9.17) is 35.3 Å². The van der Waals surface area contributed by atoms with Gasteiger partial charge in [-0.1, -0.05) is 42.3 Å². The van der Waals surface area contributed by atoms with E-state index >= 15 is 0 Å². The molecule has 3 heterocycles. The number of ether oxygens (including phenoxy) is 5. The highest BCUT2D eigenvalue weighted by molar-refractivity contribution is 6.35. The van der Waals surface area contributed by atoms with Crippen molar-refractivity contribution in [2.24, 2.45) is 5.92 Å². The van der Waals surface area contributed by atoms with Crippen molar-refractivity contribution in [2.45, 2.75) is 88.7 Å². The average molecular weight is 664 g/mol. The molecule has 0 saturated carbocycles. The lowest BCUT2D eigenvalue weighted by Crippen LogP contribution is -2.63. The molecule has 8 atom stereocenters. The van der Waals surface area contributed by atoms with Crippen molar-refractivity contribution in [3.8, 4) is 5.75 Å². The van der Waals surface area contributed by atoms with Gasteiger partial charge in [-0.3, -0.25) is 19.8 Å². The third kappa shape index (κ3) is 7.36. The van der Waals surface area contributed by atoms with Crippen LogP contribution in [-0.4, -0.2) is 105 Å². The summed E-state index contributed by atoms with van der Waals surface area (Å²) in [4.78, 5) is 43.0. The van der Waals surface area contributed by atoms with Gasteiger partial charge in [0.2, 0.25) is 5.91 Å². The van der Waals surface area contributed by atoms with Crippen LogP contribution >= 0.6 is 11.6 Å². The summed E-state index contributed by atoms with van der Waals surface area (Å²) in [5.41, 5.74) is -0.642.